The van der Waals surface area contributed by atoms with Crippen molar-refractivity contribution in [3.63, 3.8) is 0 Å². The smallest absolute Gasteiger partial charge is 0.306 e. The lowest BCUT2D eigenvalue weighted by Crippen LogP contribution is -2.59. The number of hydrogen-bond acceptors (Lipinski definition) is 9. The van der Waals surface area contributed by atoms with E-state index in [-0.39, 0.29) is 19.2 Å². The van der Waals surface area contributed by atoms with Crippen LogP contribution < -0.4 is 0 Å². The molecule has 0 aromatic carbocycles. The fourth-order valence-electron chi connectivity index (χ4n) is 7.22. The first-order valence-corrected chi connectivity index (χ1v) is 24.1. The highest BCUT2D eigenvalue weighted by Crippen LogP contribution is 2.22. The van der Waals surface area contributed by atoms with E-state index in [1.807, 2.05) is 0 Å². The van der Waals surface area contributed by atoms with Gasteiger partial charge in [0.25, 0.3) is 0 Å². The molecular formula is C49H90O9. The van der Waals surface area contributed by atoms with Crippen LogP contribution >= 0.6 is 0 Å². The highest BCUT2D eigenvalue weighted by Gasteiger charge is 2.44. The SMILES string of the molecule is CCCCCC/C=C\CCCCCCCCOCC(COC1OC(CO)C(O)C(O)C1O)OC(=O)CCCCCCCCCCC/C=C\C/C=C\CCCCCCC. The first-order chi connectivity index (χ1) is 28.4. The average molecular weight is 823 g/mol. The molecule has 0 aliphatic carbocycles. The lowest BCUT2D eigenvalue weighted by atomic mass is 9.99. The van der Waals surface area contributed by atoms with Gasteiger partial charge in [-0.3, -0.25) is 4.79 Å². The number of carbonyl (C=O) groups excluding carboxylic acids is 1. The molecule has 6 unspecified atom stereocenters. The maximum Gasteiger partial charge on any atom is 0.306 e. The molecule has 0 spiro atoms. The quantitative estimate of drug-likeness (QED) is 0.0270. The van der Waals surface area contributed by atoms with E-state index >= 15 is 0 Å². The number of aliphatic hydroxyl groups excluding tert-OH is 4. The maximum atomic E-state index is 12.8. The zero-order valence-corrected chi connectivity index (χ0v) is 37.3. The van der Waals surface area contributed by atoms with Gasteiger partial charge in [0, 0.05) is 13.0 Å². The van der Waals surface area contributed by atoms with E-state index < -0.39 is 43.4 Å². The largest absolute Gasteiger partial charge is 0.457 e. The molecule has 0 saturated carbocycles. The summed E-state index contributed by atoms with van der Waals surface area (Å²) in [5.74, 6) is -0.319. The summed E-state index contributed by atoms with van der Waals surface area (Å²) in [5.41, 5.74) is 0. The van der Waals surface area contributed by atoms with Gasteiger partial charge in [0.05, 0.1) is 19.8 Å². The monoisotopic (exact) mass is 823 g/mol. The number of hydrogen-bond donors (Lipinski definition) is 4. The molecule has 0 aromatic heterocycles. The fourth-order valence-corrected chi connectivity index (χ4v) is 7.22. The molecule has 6 atom stereocenters. The van der Waals surface area contributed by atoms with E-state index in [0.29, 0.717) is 13.0 Å². The van der Waals surface area contributed by atoms with Crippen molar-refractivity contribution in [2.75, 3.05) is 26.4 Å². The molecular weight excluding hydrogens is 733 g/mol. The van der Waals surface area contributed by atoms with Crippen molar-refractivity contribution in [1.82, 2.24) is 0 Å². The Balaban J connectivity index is 2.23. The number of rotatable bonds is 41. The van der Waals surface area contributed by atoms with Crippen molar-refractivity contribution in [1.29, 1.82) is 0 Å². The minimum Gasteiger partial charge on any atom is -0.457 e. The molecule has 0 amide bonds. The fraction of sp³-hybridized carbons (Fsp3) is 0.857. The number of unbranched alkanes of at least 4 members (excludes halogenated alkanes) is 24. The Hall–Kier alpha value is -1.59. The van der Waals surface area contributed by atoms with Crippen molar-refractivity contribution >= 4 is 5.97 Å². The van der Waals surface area contributed by atoms with Gasteiger partial charge in [-0.05, 0) is 70.6 Å². The van der Waals surface area contributed by atoms with Crippen LogP contribution in [0.1, 0.15) is 206 Å². The van der Waals surface area contributed by atoms with E-state index in [4.69, 9.17) is 18.9 Å². The van der Waals surface area contributed by atoms with Crippen LogP contribution in [-0.2, 0) is 23.7 Å². The van der Waals surface area contributed by atoms with Gasteiger partial charge < -0.3 is 39.4 Å². The highest BCUT2D eigenvalue weighted by atomic mass is 16.7. The summed E-state index contributed by atoms with van der Waals surface area (Å²) in [4.78, 5) is 12.8. The van der Waals surface area contributed by atoms with Gasteiger partial charge in [-0.25, -0.2) is 0 Å². The summed E-state index contributed by atoms with van der Waals surface area (Å²) in [7, 11) is 0. The van der Waals surface area contributed by atoms with Crippen LogP contribution in [0.4, 0.5) is 0 Å². The number of ether oxygens (including phenoxy) is 4. The average Bonchev–Trinajstić information content (AvgIpc) is 3.22. The third kappa shape index (κ3) is 31.3. The Morgan fingerprint density at radius 1 is 0.552 bits per heavy atom. The molecule has 1 aliphatic heterocycles. The normalized spacial score (nSPS) is 20.6. The van der Waals surface area contributed by atoms with E-state index in [2.05, 4.69) is 50.3 Å². The van der Waals surface area contributed by atoms with Crippen LogP contribution in [0.25, 0.3) is 0 Å². The zero-order valence-electron chi connectivity index (χ0n) is 37.3. The Morgan fingerprint density at radius 2 is 1.00 bits per heavy atom. The molecule has 1 aliphatic rings. The van der Waals surface area contributed by atoms with Crippen LogP contribution in [0.15, 0.2) is 36.5 Å². The summed E-state index contributed by atoms with van der Waals surface area (Å²) in [6, 6.07) is 0. The number of esters is 1. The Morgan fingerprint density at radius 3 is 1.52 bits per heavy atom. The summed E-state index contributed by atoms with van der Waals surface area (Å²) in [6.45, 7) is 4.53. The third-order valence-corrected chi connectivity index (χ3v) is 11.0. The number of aliphatic hydroxyl groups is 4. The lowest BCUT2D eigenvalue weighted by molar-refractivity contribution is -0.305. The Kier molecular flexibility index (Phi) is 38.3. The second-order valence-corrected chi connectivity index (χ2v) is 16.6. The van der Waals surface area contributed by atoms with Gasteiger partial charge in [-0.1, -0.05) is 166 Å². The van der Waals surface area contributed by atoms with E-state index in [1.165, 1.54) is 148 Å². The molecule has 58 heavy (non-hydrogen) atoms. The van der Waals surface area contributed by atoms with Crippen LogP contribution in [-0.4, -0.2) is 89.6 Å². The third-order valence-electron chi connectivity index (χ3n) is 11.0. The zero-order chi connectivity index (χ0) is 42.2. The molecule has 1 saturated heterocycles. The topological polar surface area (TPSA) is 135 Å². The van der Waals surface area contributed by atoms with Gasteiger partial charge >= 0.3 is 5.97 Å². The molecule has 340 valence electrons. The lowest BCUT2D eigenvalue weighted by Gasteiger charge is -2.39. The molecule has 9 heteroatoms. The van der Waals surface area contributed by atoms with Gasteiger partial charge in [0.1, 0.15) is 30.5 Å². The first kappa shape index (κ1) is 54.4. The standard InChI is InChI=1S/C49H90O9/c1-3-5-7-9-11-13-15-17-19-20-21-22-23-24-25-26-28-30-32-34-36-38-45(51)57-43(42-56-49-48(54)47(53)46(52)44(40-50)58-49)41-55-39-37-35-33-31-29-27-18-16-14-12-10-8-6-4-2/h14-17,20-21,43-44,46-50,52-54H,3-13,18-19,22-42H2,1-2H3/b16-14-,17-15-,21-20-. The van der Waals surface area contributed by atoms with Crippen molar-refractivity contribution in [3.05, 3.63) is 36.5 Å². The summed E-state index contributed by atoms with van der Waals surface area (Å²) in [5, 5.41) is 40.1. The van der Waals surface area contributed by atoms with Crippen LogP contribution in [0.3, 0.4) is 0 Å². The minimum absolute atomic E-state index is 0.117. The van der Waals surface area contributed by atoms with E-state index in [1.54, 1.807) is 0 Å². The van der Waals surface area contributed by atoms with Crippen molar-refractivity contribution in [2.45, 2.75) is 243 Å². The molecule has 1 fully saturated rings. The van der Waals surface area contributed by atoms with E-state index in [0.717, 1.165) is 38.5 Å². The minimum atomic E-state index is -1.54. The van der Waals surface area contributed by atoms with Gasteiger partial charge in [-0.15, -0.1) is 0 Å². The van der Waals surface area contributed by atoms with Gasteiger partial charge in [0.15, 0.2) is 6.29 Å². The van der Waals surface area contributed by atoms with Crippen molar-refractivity contribution < 1.29 is 44.2 Å². The molecule has 4 N–H and O–H groups in total. The molecule has 9 nitrogen and oxygen atoms in total. The summed E-state index contributed by atoms with van der Waals surface area (Å²) < 4.78 is 22.8. The number of carbonyl (C=O) groups is 1. The summed E-state index contributed by atoms with van der Waals surface area (Å²) >= 11 is 0. The number of allylic oxidation sites excluding steroid dienone is 6. The van der Waals surface area contributed by atoms with Crippen LogP contribution in [0, 0.1) is 0 Å². The second kappa shape index (κ2) is 40.8. The summed E-state index contributed by atoms with van der Waals surface area (Å²) in [6.07, 6.45) is 41.7. The van der Waals surface area contributed by atoms with Gasteiger partial charge in [0.2, 0.25) is 0 Å². The molecule has 0 aromatic rings. The molecule has 1 heterocycles. The van der Waals surface area contributed by atoms with E-state index in [9.17, 15) is 25.2 Å². The molecule has 1 rings (SSSR count). The molecule has 0 bridgehead atoms. The van der Waals surface area contributed by atoms with Crippen LogP contribution in [0.2, 0.25) is 0 Å². The first-order valence-electron chi connectivity index (χ1n) is 24.1. The second-order valence-electron chi connectivity index (χ2n) is 16.6. The van der Waals surface area contributed by atoms with Crippen LogP contribution in [0.5, 0.6) is 0 Å². The van der Waals surface area contributed by atoms with Crippen molar-refractivity contribution in [3.8, 4) is 0 Å². The Bertz CT molecular complexity index is 983. The predicted octanol–water partition coefficient (Wildman–Crippen LogP) is 11.1. The highest BCUT2D eigenvalue weighted by molar-refractivity contribution is 5.69. The van der Waals surface area contributed by atoms with Gasteiger partial charge in [-0.2, -0.15) is 0 Å². The van der Waals surface area contributed by atoms with Crippen molar-refractivity contribution in [2.24, 2.45) is 0 Å². The maximum absolute atomic E-state index is 12.8. The predicted molar refractivity (Wildman–Crippen MR) is 238 cm³/mol. The Labute approximate surface area is 355 Å². The molecule has 0 radical (unpaired) electrons.